The number of nitrogens with zero attached hydrogens (tertiary/aromatic N) is 2. The lowest BCUT2D eigenvalue weighted by Crippen LogP contribution is -2.43. The number of carbonyl (C=O) groups excluding carboxylic acids is 1. The van der Waals surface area contributed by atoms with Crippen LogP contribution < -0.4 is 9.64 Å². The minimum absolute atomic E-state index is 0.142. The number of fused-ring (bicyclic) bond motifs is 5. The Hall–Kier alpha value is -2.40. The van der Waals surface area contributed by atoms with Gasteiger partial charge in [-0.1, -0.05) is 32.0 Å². The van der Waals surface area contributed by atoms with Gasteiger partial charge in [0, 0.05) is 23.9 Å². The molecule has 0 N–H and O–H groups in total. The van der Waals surface area contributed by atoms with Crippen molar-refractivity contribution in [3.05, 3.63) is 52.5 Å². The number of hydrogen-bond donors (Lipinski definition) is 0. The van der Waals surface area contributed by atoms with Gasteiger partial charge in [-0.2, -0.15) is 0 Å². The lowest BCUT2D eigenvalue weighted by molar-refractivity contribution is -0.122. The smallest absolute Gasteiger partial charge is 0.245 e. The molecule has 1 atom stereocenters. The van der Waals surface area contributed by atoms with Crippen molar-refractivity contribution in [2.45, 2.75) is 32.6 Å². The van der Waals surface area contributed by atoms with E-state index < -0.39 is 5.41 Å². The van der Waals surface area contributed by atoms with Gasteiger partial charge in [0.1, 0.15) is 17.8 Å². The van der Waals surface area contributed by atoms with Crippen LogP contribution in [0.2, 0.25) is 0 Å². The van der Waals surface area contributed by atoms with Gasteiger partial charge in [-0.3, -0.25) is 4.79 Å². The molecule has 0 radical (unpaired) electrons. The van der Waals surface area contributed by atoms with E-state index in [9.17, 15) is 4.79 Å². The second kappa shape index (κ2) is 5.80. The van der Waals surface area contributed by atoms with Gasteiger partial charge in [0.05, 0.1) is 15.2 Å². The second-order valence-electron chi connectivity index (χ2n) is 7.90. The molecule has 2 aliphatic rings. The molecule has 0 saturated carbocycles. The highest BCUT2D eigenvalue weighted by Crippen LogP contribution is 2.53. The Kier molecular flexibility index (Phi) is 3.60. The summed E-state index contributed by atoms with van der Waals surface area (Å²) in [5, 5.41) is 1.03. The molecule has 0 fully saturated rings. The number of anilines is 1. The van der Waals surface area contributed by atoms with Gasteiger partial charge < -0.3 is 9.64 Å². The number of amides is 1. The fourth-order valence-electron chi connectivity index (χ4n) is 4.32. The zero-order valence-corrected chi connectivity index (χ0v) is 16.6. The highest BCUT2D eigenvalue weighted by Gasteiger charge is 2.56. The highest BCUT2D eigenvalue weighted by molar-refractivity contribution is 7.18. The van der Waals surface area contributed by atoms with Gasteiger partial charge >= 0.3 is 0 Å². The van der Waals surface area contributed by atoms with Crippen molar-refractivity contribution in [3.63, 3.8) is 0 Å². The number of ether oxygens (including phenoxy) is 1. The Bertz CT molecular complexity index is 1070. The van der Waals surface area contributed by atoms with Crippen LogP contribution in [-0.2, 0) is 10.2 Å². The molecule has 1 amide bonds. The maximum absolute atomic E-state index is 13.7. The van der Waals surface area contributed by atoms with Crippen molar-refractivity contribution in [2.24, 2.45) is 5.92 Å². The summed E-state index contributed by atoms with van der Waals surface area (Å²) in [5.41, 5.74) is 3.31. The van der Waals surface area contributed by atoms with E-state index in [1.54, 1.807) is 11.3 Å². The number of para-hydroxylation sites is 1. The summed E-state index contributed by atoms with van der Waals surface area (Å²) < 4.78 is 7.18. The van der Waals surface area contributed by atoms with E-state index >= 15 is 0 Å². The summed E-state index contributed by atoms with van der Waals surface area (Å²) in [6.45, 7) is 7.51. The molecular weight excluding hydrogens is 356 g/mol. The lowest BCUT2D eigenvalue weighted by atomic mass is 9.77. The number of aryl methyl sites for hydroxylation is 1. The summed E-state index contributed by atoms with van der Waals surface area (Å²) >= 11 is 1.67. The average molecular weight is 378 g/mol. The Labute approximate surface area is 162 Å². The molecule has 0 bridgehead atoms. The van der Waals surface area contributed by atoms with Gasteiger partial charge in [-0.15, -0.1) is 11.3 Å². The van der Waals surface area contributed by atoms with Gasteiger partial charge in [0.2, 0.25) is 5.91 Å². The van der Waals surface area contributed by atoms with Crippen LogP contribution in [0, 0.1) is 12.8 Å². The molecule has 2 aliphatic heterocycles. The second-order valence-corrected chi connectivity index (χ2v) is 9.13. The molecule has 2 aromatic carbocycles. The van der Waals surface area contributed by atoms with Crippen LogP contribution in [0.25, 0.3) is 10.2 Å². The standard InChI is InChI=1S/C22H22N2O2S/c1-13(2)8-9-24-18-7-5-4-6-15(18)22(21(24)25)12-26-19-11-17-20(10-16(19)22)27-14(3)23-17/h4-7,10-11,13H,8-9,12H2,1-3H3. The highest BCUT2D eigenvalue weighted by atomic mass is 32.1. The van der Waals surface area contributed by atoms with E-state index in [1.807, 2.05) is 30.0 Å². The predicted octanol–water partition coefficient (Wildman–Crippen LogP) is 4.68. The van der Waals surface area contributed by atoms with Crippen LogP contribution in [0.4, 0.5) is 5.69 Å². The SMILES string of the molecule is Cc1nc2cc3c(cc2s1)C1(CO3)C(=O)N(CCC(C)C)c2ccccc21. The molecule has 1 spiro atoms. The van der Waals surface area contributed by atoms with Crippen LogP contribution >= 0.6 is 11.3 Å². The first kappa shape index (κ1) is 16.8. The molecule has 3 heterocycles. The normalized spacial score (nSPS) is 20.6. The van der Waals surface area contributed by atoms with E-state index in [2.05, 4.69) is 37.0 Å². The van der Waals surface area contributed by atoms with Gasteiger partial charge in [0.25, 0.3) is 0 Å². The number of aromatic nitrogens is 1. The summed E-state index contributed by atoms with van der Waals surface area (Å²) in [6, 6.07) is 12.3. The summed E-state index contributed by atoms with van der Waals surface area (Å²) in [5.74, 6) is 1.48. The molecular formula is C22H22N2O2S. The van der Waals surface area contributed by atoms with Crippen LogP contribution in [0.1, 0.15) is 36.4 Å². The third-order valence-corrected chi connectivity index (χ3v) is 6.63. The molecule has 0 saturated heterocycles. The number of benzene rings is 2. The van der Waals surface area contributed by atoms with E-state index in [4.69, 9.17) is 4.74 Å². The Balaban J connectivity index is 1.69. The van der Waals surface area contributed by atoms with Crippen molar-refractivity contribution >= 4 is 33.1 Å². The molecule has 4 nitrogen and oxygen atoms in total. The molecule has 138 valence electrons. The number of hydrogen-bond acceptors (Lipinski definition) is 4. The quantitative estimate of drug-likeness (QED) is 0.665. The Morgan fingerprint density at radius 2 is 2.07 bits per heavy atom. The lowest BCUT2D eigenvalue weighted by Gasteiger charge is -2.23. The van der Waals surface area contributed by atoms with Crippen molar-refractivity contribution in [2.75, 3.05) is 18.1 Å². The fourth-order valence-corrected chi connectivity index (χ4v) is 5.17. The Morgan fingerprint density at radius 3 is 2.89 bits per heavy atom. The average Bonchev–Trinajstić information content (AvgIpc) is 3.26. The summed E-state index contributed by atoms with van der Waals surface area (Å²) in [6.07, 6.45) is 0.983. The number of rotatable bonds is 3. The minimum Gasteiger partial charge on any atom is -0.491 e. The monoisotopic (exact) mass is 378 g/mol. The zero-order chi connectivity index (χ0) is 18.8. The number of thiazole rings is 1. The van der Waals surface area contributed by atoms with Crippen LogP contribution in [-0.4, -0.2) is 24.0 Å². The first-order valence-electron chi connectivity index (χ1n) is 9.46. The van der Waals surface area contributed by atoms with Crippen molar-refractivity contribution in [1.82, 2.24) is 4.98 Å². The molecule has 27 heavy (non-hydrogen) atoms. The fraction of sp³-hybridized carbons (Fsp3) is 0.364. The molecule has 5 rings (SSSR count). The largest absolute Gasteiger partial charge is 0.491 e. The van der Waals surface area contributed by atoms with Gasteiger partial charge in [0.15, 0.2) is 0 Å². The van der Waals surface area contributed by atoms with Crippen molar-refractivity contribution < 1.29 is 9.53 Å². The Morgan fingerprint density at radius 1 is 1.26 bits per heavy atom. The minimum atomic E-state index is -0.727. The van der Waals surface area contributed by atoms with Crippen molar-refractivity contribution in [3.8, 4) is 5.75 Å². The summed E-state index contributed by atoms with van der Waals surface area (Å²) in [7, 11) is 0. The maximum Gasteiger partial charge on any atom is 0.245 e. The van der Waals surface area contributed by atoms with Crippen molar-refractivity contribution in [1.29, 1.82) is 0 Å². The van der Waals surface area contributed by atoms with Gasteiger partial charge in [-0.25, -0.2) is 4.98 Å². The predicted molar refractivity (Wildman–Crippen MR) is 109 cm³/mol. The topological polar surface area (TPSA) is 42.4 Å². The van der Waals surface area contributed by atoms with Crippen LogP contribution in [0.15, 0.2) is 36.4 Å². The molecule has 0 aliphatic carbocycles. The molecule has 3 aromatic rings. The van der Waals surface area contributed by atoms with E-state index in [0.717, 1.165) is 50.8 Å². The van der Waals surface area contributed by atoms with E-state index in [-0.39, 0.29) is 5.91 Å². The third-order valence-electron chi connectivity index (χ3n) is 5.70. The van der Waals surface area contributed by atoms with Gasteiger partial charge in [-0.05, 0) is 37.0 Å². The first-order chi connectivity index (χ1) is 13.0. The molecule has 1 aromatic heterocycles. The molecule has 1 unspecified atom stereocenters. The first-order valence-corrected chi connectivity index (χ1v) is 10.3. The number of carbonyl (C=O) groups is 1. The van der Waals surface area contributed by atoms with E-state index in [1.165, 1.54) is 0 Å². The maximum atomic E-state index is 13.7. The van der Waals surface area contributed by atoms with Crippen LogP contribution in [0.5, 0.6) is 5.75 Å². The molecule has 5 heteroatoms. The van der Waals surface area contributed by atoms with Crippen LogP contribution in [0.3, 0.4) is 0 Å². The summed E-state index contributed by atoms with van der Waals surface area (Å²) in [4.78, 5) is 20.3. The van der Waals surface area contributed by atoms with E-state index in [0.29, 0.717) is 12.5 Å². The third kappa shape index (κ3) is 2.27. The zero-order valence-electron chi connectivity index (χ0n) is 15.8.